The predicted octanol–water partition coefficient (Wildman–Crippen LogP) is 2.04. The summed E-state index contributed by atoms with van der Waals surface area (Å²) in [5.41, 5.74) is 1.22. The van der Waals surface area contributed by atoms with Crippen LogP contribution in [0.25, 0.3) is 0 Å². The van der Waals surface area contributed by atoms with E-state index in [4.69, 9.17) is 0 Å². The first-order valence-electron chi connectivity index (χ1n) is 5.20. The maximum Gasteiger partial charge on any atom is 0.230 e. The number of benzene rings is 1. The molecule has 0 fully saturated rings. The van der Waals surface area contributed by atoms with E-state index in [9.17, 15) is 9.18 Å². The molecule has 17 heavy (non-hydrogen) atoms. The minimum absolute atomic E-state index is 0.00509. The van der Waals surface area contributed by atoms with Crippen molar-refractivity contribution in [1.82, 2.24) is 10.2 Å². The van der Waals surface area contributed by atoms with E-state index >= 15 is 0 Å². The summed E-state index contributed by atoms with van der Waals surface area (Å²) in [6, 6.07) is 6.22. The summed E-state index contributed by atoms with van der Waals surface area (Å²) < 4.78 is 13.3. The molecule has 0 spiro atoms. The van der Waals surface area contributed by atoms with E-state index in [-0.39, 0.29) is 18.1 Å². The van der Waals surface area contributed by atoms with Crippen molar-refractivity contribution in [3.8, 4) is 0 Å². The molecular formula is C12H12FN3O. The van der Waals surface area contributed by atoms with E-state index in [1.165, 1.54) is 6.07 Å². The molecule has 0 aliphatic heterocycles. The topological polar surface area (TPSA) is 57.8 Å². The molecule has 2 rings (SSSR count). The van der Waals surface area contributed by atoms with Gasteiger partial charge in [-0.15, -0.1) is 0 Å². The maximum absolute atomic E-state index is 13.3. The van der Waals surface area contributed by atoms with Crippen LogP contribution in [-0.2, 0) is 11.2 Å². The number of hydrogen-bond donors (Lipinski definition) is 2. The van der Waals surface area contributed by atoms with Crippen LogP contribution in [0.5, 0.6) is 0 Å². The van der Waals surface area contributed by atoms with Gasteiger partial charge in [-0.05, 0) is 18.6 Å². The predicted molar refractivity (Wildman–Crippen MR) is 62.1 cm³/mol. The fourth-order valence-electron chi connectivity index (χ4n) is 1.47. The Morgan fingerprint density at radius 2 is 2.24 bits per heavy atom. The molecule has 0 aliphatic rings. The van der Waals surface area contributed by atoms with Gasteiger partial charge in [0.05, 0.1) is 12.6 Å². The highest BCUT2D eigenvalue weighted by molar-refractivity contribution is 5.91. The zero-order valence-corrected chi connectivity index (χ0v) is 9.33. The van der Waals surface area contributed by atoms with Gasteiger partial charge in [-0.1, -0.05) is 18.2 Å². The number of amides is 1. The minimum atomic E-state index is -0.371. The molecule has 0 bridgehead atoms. The van der Waals surface area contributed by atoms with Gasteiger partial charge in [0.25, 0.3) is 0 Å². The molecule has 0 radical (unpaired) electrons. The molecule has 1 amide bonds. The molecule has 2 N–H and O–H groups in total. The Hall–Kier alpha value is -2.17. The number of hydrogen-bond acceptors (Lipinski definition) is 2. The summed E-state index contributed by atoms with van der Waals surface area (Å²) in [7, 11) is 0. The lowest BCUT2D eigenvalue weighted by molar-refractivity contribution is -0.115. The van der Waals surface area contributed by atoms with Gasteiger partial charge in [0.15, 0.2) is 0 Å². The quantitative estimate of drug-likeness (QED) is 0.852. The normalized spacial score (nSPS) is 10.2. The second kappa shape index (κ2) is 4.78. The van der Waals surface area contributed by atoms with Crippen molar-refractivity contribution >= 4 is 11.7 Å². The summed E-state index contributed by atoms with van der Waals surface area (Å²) in [5, 5.41) is 9.09. The van der Waals surface area contributed by atoms with Gasteiger partial charge in [-0.25, -0.2) is 4.39 Å². The van der Waals surface area contributed by atoms with Crippen molar-refractivity contribution in [3.63, 3.8) is 0 Å². The second-order valence-corrected chi connectivity index (χ2v) is 3.74. The number of nitrogens with one attached hydrogen (secondary N) is 2. The highest BCUT2D eigenvalue weighted by atomic mass is 19.1. The average molecular weight is 233 g/mol. The highest BCUT2D eigenvalue weighted by Crippen LogP contribution is 2.11. The first-order chi connectivity index (χ1) is 8.16. The zero-order chi connectivity index (χ0) is 12.3. The number of halogens is 1. The Bertz CT molecular complexity index is 536. The number of H-pyrrole nitrogens is 1. The van der Waals surface area contributed by atoms with Crippen LogP contribution in [0, 0.1) is 12.7 Å². The molecule has 5 heteroatoms. The number of carbonyl (C=O) groups is 1. The summed E-state index contributed by atoms with van der Waals surface area (Å²) in [5.74, 6) is -0.0993. The number of nitrogens with zero attached hydrogens (tertiary/aromatic N) is 1. The number of rotatable bonds is 3. The van der Waals surface area contributed by atoms with E-state index in [0.717, 1.165) is 5.56 Å². The Labute approximate surface area is 97.9 Å². The highest BCUT2D eigenvalue weighted by Gasteiger charge is 2.09. The van der Waals surface area contributed by atoms with Crippen molar-refractivity contribution in [2.45, 2.75) is 13.3 Å². The van der Waals surface area contributed by atoms with Crippen molar-refractivity contribution in [2.24, 2.45) is 0 Å². The fraction of sp³-hybridized carbons (Fsp3) is 0.167. The third-order valence-electron chi connectivity index (χ3n) is 2.40. The SMILES string of the molecule is Cc1cn[nH]c1NC(=O)Cc1ccccc1F. The number of anilines is 1. The second-order valence-electron chi connectivity index (χ2n) is 3.74. The largest absolute Gasteiger partial charge is 0.311 e. The van der Waals surface area contributed by atoms with Gasteiger partial charge in [-0.2, -0.15) is 5.10 Å². The maximum atomic E-state index is 13.3. The van der Waals surface area contributed by atoms with Crippen molar-refractivity contribution < 1.29 is 9.18 Å². The van der Waals surface area contributed by atoms with Crippen LogP contribution in [-0.4, -0.2) is 16.1 Å². The summed E-state index contributed by atoms with van der Waals surface area (Å²) >= 11 is 0. The van der Waals surface area contributed by atoms with Crippen LogP contribution < -0.4 is 5.32 Å². The molecular weight excluding hydrogens is 221 g/mol. The van der Waals surface area contributed by atoms with E-state index in [2.05, 4.69) is 15.5 Å². The number of carbonyl (C=O) groups excluding carboxylic acids is 1. The Kier molecular flexibility index (Phi) is 3.18. The third-order valence-corrected chi connectivity index (χ3v) is 2.40. The standard InChI is InChI=1S/C12H12FN3O/c1-8-7-14-16-12(8)15-11(17)6-9-4-2-3-5-10(9)13/h2-5,7H,6H2,1H3,(H2,14,15,16,17). The number of aryl methyl sites for hydroxylation is 1. The smallest absolute Gasteiger partial charge is 0.230 e. The van der Waals surface area contributed by atoms with Gasteiger partial charge >= 0.3 is 0 Å². The molecule has 0 saturated heterocycles. The van der Waals surface area contributed by atoms with E-state index in [0.29, 0.717) is 11.4 Å². The molecule has 0 unspecified atom stereocenters. The van der Waals surface area contributed by atoms with Gasteiger partial charge in [0.2, 0.25) is 5.91 Å². The molecule has 4 nitrogen and oxygen atoms in total. The third kappa shape index (κ3) is 2.69. The Morgan fingerprint density at radius 3 is 2.88 bits per heavy atom. The monoisotopic (exact) mass is 233 g/mol. The van der Waals surface area contributed by atoms with Crippen LogP contribution in [0.3, 0.4) is 0 Å². The average Bonchev–Trinajstić information content (AvgIpc) is 2.68. The molecule has 1 aromatic heterocycles. The van der Waals surface area contributed by atoms with E-state index < -0.39 is 0 Å². The van der Waals surface area contributed by atoms with E-state index in [1.54, 1.807) is 24.4 Å². The van der Waals surface area contributed by atoms with Crippen LogP contribution >= 0.6 is 0 Å². The summed E-state index contributed by atoms with van der Waals surface area (Å²) in [6.45, 7) is 1.82. The molecule has 0 aliphatic carbocycles. The molecule has 2 aromatic rings. The van der Waals surface area contributed by atoms with Crippen molar-refractivity contribution in [1.29, 1.82) is 0 Å². The Balaban J connectivity index is 2.03. The van der Waals surface area contributed by atoms with Gasteiger partial charge in [0, 0.05) is 5.56 Å². The van der Waals surface area contributed by atoms with Gasteiger partial charge in [0.1, 0.15) is 11.6 Å². The fourth-order valence-corrected chi connectivity index (χ4v) is 1.47. The summed E-state index contributed by atoms with van der Waals surface area (Å²) in [6.07, 6.45) is 1.61. The minimum Gasteiger partial charge on any atom is -0.311 e. The zero-order valence-electron chi connectivity index (χ0n) is 9.33. The van der Waals surface area contributed by atoms with Crippen LogP contribution in [0.4, 0.5) is 10.2 Å². The lowest BCUT2D eigenvalue weighted by Crippen LogP contribution is -2.16. The first-order valence-corrected chi connectivity index (χ1v) is 5.20. The van der Waals surface area contributed by atoms with Gasteiger partial charge in [-0.3, -0.25) is 9.89 Å². The summed E-state index contributed by atoms with van der Waals surface area (Å²) in [4.78, 5) is 11.7. The van der Waals surface area contributed by atoms with Gasteiger partial charge < -0.3 is 5.32 Å². The lowest BCUT2D eigenvalue weighted by Gasteiger charge is -2.04. The molecule has 88 valence electrons. The Morgan fingerprint density at radius 1 is 1.47 bits per heavy atom. The number of aromatic nitrogens is 2. The molecule has 0 saturated carbocycles. The van der Waals surface area contributed by atoms with Crippen LogP contribution in [0.1, 0.15) is 11.1 Å². The van der Waals surface area contributed by atoms with Crippen LogP contribution in [0.15, 0.2) is 30.5 Å². The first kappa shape index (κ1) is 11.3. The lowest BCUT2D eigenvalue weighted by atomic mass is 10.1. The van der Waals surface area contributed by atoms with Crippen molar-refractivity contribution in [2.75, 3.05) is 5.32 Å². The van der Waals surface area contributed by atoms with E-state index in [1.807, 2.05) is 6.92 Å². The molecule has 1 heterocycles. The molecule has 1 aromatic carbocycles. The number of aromatic amines is 1. The van der Waals surface area contributed by atoms with Crippen molar-refractivity contribution in [3.05, 3.63) is 47.4 Å². The van der Waals surface area contributed by atoms with Crippen LogP contribution in [0.2, 0.25) is 0 Å². The molecule has 0 atom stereocenters.